The van der Waals surface area contributed by atoms with E-state index in [0.717, 1.165) is 13.0 Å². The van der Waals surface area contributed by atoms with Crippen molar-refractivity contribution in [2.75, 3.05) is 11.9 Å². The van der Waals surface area contributed by atoms with Crippen molar-refractivity contribution in [3.8, 4) is 0 Å². The normalized spacial score (nSPS) is 13.6. The molecule has 2 heteroatoms. The SMILES string of the molecule is CC(O)CCNc1ccccc1C(C)(C)C. The average molecular weight is 221 g/mol. The second-order valence-corrected chi connectivity index (χ2v) is 5.36. The van der Waals surface area contributed by atoms with Gasteiger partial charge in [0.1, 0.15) is 0 Å². The van der Waals surface area contributed by atoms with Crippen LogP contribution in [0.15, 0.2) is 24.3 Å². The molecule has 1 aromatic carbocycles. The van der Waals surface area contributed by atoms with Crippen LogP contribution >= 0.6 is 0 Å². The highest BCUT2D eigenvalue weighted by Gasteiger charge is 2.16. The predicted octanol–water partition coefficient (Wildman–Crippen LogP) is 3.17. The second kappa shape index (κ2) is 5.35. The van der Waals surface area contributed by atoms with Crippen LogP contribution in [-0.4, -0.2) is 17.8 Å². The maximum Gasteiger partial charge on any atom is 0.0528 e. The number of rotatable bonds is 4. The van der Waals surface area contributed by atoms with Crippen molar-refractivity contribution >= 4 is 5.69 Å². The van der Waals surface area contributed by atoms with Gasteiger partial charge in [-0.2, -0.15) is 0 Å². The van der Waals surface area contributed by atoms with Crippen LogP contribution in [0.1, 0.15) is 39.7 Å². The molecular weight excluding hydrogens is 198 g/mol. The molecule has 0 aliphatic heterocycles. The predicted molar refractivity (Wildman–Crippen MR) is 69.9 cm³/mol. The Morgan fingerprint density at radius 2 is 1.88 bits per heavy atom. The number of benzene rings is 1. The number of aliphatic hydroxyl groups is 1. The summed E-state index contributed by atoms with van der Waals surface area (Å²) in [7, 11) is 0. The van der Waals surface area contributed by atoms with Gasteiger partial charge in [0, 0.05) is 12.2 Å². The summed E-state index contributed by atoms with van der Waals surface area (Å²) in [5.41, 5.74) is 2.64. The van der Waals surface area contributed by atoms with E-state index in [1.165, 1.54) is 11.3 Å². The molecule has 1 rings (SSSR count). The number of nitrogens with one attached hydrogen (secondary N) is 1. The fraction of sp³-hybridized carbons (Fsp3) is 0.571. The lowest BCUT2D eigenvalue weighted by Gasteiger charge is -2.23. The fourth-order valence-electron chi connectivity index (χ4n) is 1.71. The van der Waals surface area contributed by atoms with Gasteiger partial charge in [0.15, 0.2) is 0 Å². The molecule has 0 fully saturated rings. The molecule has 0 spiro atoms. The van der Waals surface area contributed by atoms with Gasteiger partial charge >= 0.3 is 0 Å². The van der Waals surface area contributed by atoms with Crippen LogP contribution in [0, 0.1) is 0 Å². The van der Waals surface area contributed by atoms with Crippen LogP contribution in [0.3, 0.4) is 0 Å². The molecule has 2 nitrogen and oxygen atoms in total. The second-order valence-electron chi connectivity index (χ2n) is 5.36. The van der Waals surface area contributed by atoms with Gasteiger partial charge < -0.3 is 10.4 Å². The molecule has 0 radical (unpaired) electrons. The molecule has 0 saturated carbocycles. The molecule has 90 valence electrons. The monoisotopic (exact) mass is 221 g/mol. The van der Waals surface area contributed by atoms with Crippen molar-refractivity contribution in [1.29, 1.82) is 0 Å². The van der Waals surface area contributed by atoms with E-state index in [0.29, 0.717) is 0 Å². The summed E-state index contributed by atoms with van der Waals surface area (Å²) in [6.07, 6.45) is 0.535. The van der Waals surface area contributed by atoms with Crippen LogP contribution in [-0.2, 0) is 5.41 Å². The van der Waals surface area contributed by atoms with Gasteiger partial charge in [-0.15, -0.1) is 0 Å². The van der Waals surface area contributed by atoms with E-state index in [9.17, 15) is 5.11 Å². The van der Waals surface area contributed by atoms with Gasteiger partial charge in [-0.1, -0.05) is 39.0 Å². The summed E-state index contributed by atoms with van der Waals surface area (Å²) in [6, 6.07) is 8.37. The summed E-state index contributed by atoms with van der Waals surface area (Å²) in [5, 5.41) is 12.6. The van der Waals surface area contributed by atoms with Gasteiger partial charge in [0.25, 0.3) is 0 Å². The van der Waals surface area contributed by atoms with Crippen molar-refractivity contribution in [3.05, 3.63) is 29.8 Å². The first-order chi connectivity index (χ1) is 7.41. The summed E-state index contributed by atoms with van der Waals surface area (Å²) in [4.78, 5) is 0. The zero-order chi connectivity index (χ0) is 12.2. The largest absolute Gasteiger partial charge is 0.393 e. The molecular formula is C14H23NO. The maximum atomic E-state index is 9.22. The van der Waals surface area contributed by atoms with Gasteiger partial charge in [0.2, 0.25) is 0 Å². The van der Waals surface area contributed by atoms with E-state index in [4.69, 9.17) is 0 Å². The first-order valence-electron chi connectivity index (χ1n) is 5.92. The Hall–Kier alpha value is -1.02. The number of aliphatic hydroxyl groups excluding tert-OH is 1. The lowest BCUT2D eigenvalue weighted by Crippen LogP contribution is -2.16. The Balaban J connectivity index is 2.72. The Kier molecular flexibility index (Phi) is 4.36. The smallest absolute Gasteiger partial charge is 0.0528 e. The van der Waals surface area contributed by atoms with Crippen molar-refractivity contribution in [1.82, 2.24) is 0 Å². The third-order valence-electron chi connectivity index (χ3n) is 2.61. The maximum absolute atomic E-state index is 9.22. The van der Waals surface area contributed by atoms with E-state index in [-0.39, 0.29) is 11.5 Å². The lowest BCUT2D eigenvalue weighted by molar-refractivity contribution is 0.188. The molecule has 0 aromatic heterocycles. The molecule has 0 bridgehead atoms. The van der Waals surface area contributed by atoms with E-state index >= 15 is 0 Å². The number of hydrogen-bond acceptors (Lipinski definition) is 2. The minimum atomic E-state index is -0.241. The van der Waals surface area contributed by atoms with Crippen molar-refractivity contribution in [2.24, 2.45) is 0 Å². The van der Waals surface area contributed by atoms with E-state index in [1.807, 2.05) is 13.0 Å². The molecule has 0 saturated heterocycles. The van der Waals surface area contributed by atoms with Gasteiger partial charge in [-0.25, -0.2) is 0 Å². The van der Waals surface area contributed by atoms with Gasteiger partial charge in [-0.3, -0.25) is 0 Å². The van der Waals surface area contributed by atoms with Crippen molar-refractivity contribution in [3.63, 3.8) is 0 Å². The van der Waals surface area contributed by atoms with E-state index in [1.54, 1.807) is 0 Å². The minimum absolute atomic E-state index is 0.147. The van der Waals surface area contributed by atoms with E-state index < -0.39 is 0 Å². The van der Waals surface area contributed by atoms with Crippen LogP contribution in [0.25, 0.3) is 0 Å². The Morgan fingerprint density at radius 3 is 2.44 bits per heavy atom. The molecule has 1 aromatic rings. The van der Waals surface area contributed by atoms with Crippen LogP contribution in [0.5, 0.6) is 0 Å². The summed E-state index contributed by atoms with van der Waals surface area (Å²) in [5.74, 6) is 0. The molecule has 1 atom stereocenters. The highest BCUT2D eigenvalue weighted by Crippen LogP contribution is 2.29. The molecule has 0 aliphatic carbocycles. The molecule has 16 heavy (non-hydrogen) atoms. The molecule has 1 unspecified atom stereocenters. The van der Waals surface area contributed by atoms with Crippen molar-refractivity contribution in [2.45, 2.75) is 45.6 Å². The Bertz CT molecular complexity index is 326. The first-order valence-corrected chi connectivity index (χ1v) is 5.92. The lowest BCUT2D eigenvalue weighted by atomic mass is 9.86. The summed E-state index contributed by atoms with van der Waals surface area (Å²) in [6.45, 7) is 9.26. The van der Waals surface area contributed by atoms with E-state index in [2.05, 4.69) is 44.3 Å². The topological polar surface area (TPSA) is 32.3 Å². The standard InChI is InChI=1S/C14H23NO/c1-11(16)9-10-15-13-8-6-5-7-12(13)14(2,3)4/h5-8,11,15-16H,9-10H2,1-4H3. The Labute approximate surface area is 98.7 Å². The summed E-state index contributed by atoms with van der Waals surface area (Å²) < 4.78 is 0. The number of anilines is 1. The highest BCUT2D eigenvalue weighted by atomic mass is 16.3. The van der Waals surface area contributed by atoms with Gasteiger partial charge in [-0.05, 0) is 30.4 Å². The number of para-hydroxylation sites is 1. The summed E-state index contributed by atoms with van der Waals surface area (Å²) >= 11 is 0. The third kappa shape index (κ3) is 3.86. The molecule has 2 N–H and O–H groups in total. The third-order valence-corrected chi connectivity index (χ3v) is 2.61. The highest BCUT2D eigenvalue weighted by molar-refractivity contribution is 5.54. The molecule has 0 aliphatic rings. The molecule has 0 heterocycles. The zero-order valence-corrected chi connectivity index (χ0v) is 10.7. The minimum Gasteiger partial charge on any atom is -0.393 e. The Morgan fingerprint density at radius 1 is 1.25 bits per heavy atom. The first kappa shape index (κ1) is 13.0. The zero-order valence-electron chi connectivity index (χ0n) is 10.7. The quantitative estimate of drug-likeness (QED) is 0.818. The van der Waals surface area contributed by atoms with Crippen LogP contribution < -0.4 is 5.32 Å². The average Bonchev–Trinajstić information content (AvgIpc) is 2.16. The van der Waals surface area contributed by atoms with Crippen LogP contribution in [0.4, 0.5) is 5.69 Å². The number of hydrogen-bond donors (Lipinski definition) is 2. The van der Waals surface area contributed by atoms with Gasteiger partial charge in [0.05, 0.1) is 6.10 Å². The van der Waals surface area contributed by atoms with Crippen molar-refractivity contribution < 1.29 is 5.11 Å². The molecule has 0 amide bonds. The fourth-order valence-corrected chi connectivity index (χ4v) is 1.71. The van der Waals surface area contributed by atoms with Crippen LogP contribution in [0.2, 0.25) is 0 Å².